The number of nitrogens with one attached hydrogen (secondary N) is 3. The molecular weight excluding hydrogens is 654 g/mol. The third-order valence-corrected chi connectivity index (χ3v) is 9.05. The predicted molar refractivity (Wildman–Crippen MR) is 183 cm³/mol. The quantitative estimate of drug-likeness (QED) is 0.289. The van der Waals surface area contributed by atoms with Gasteiger partial charge in [-0.05, 0) is 70.1 Å². The second kappa shape index (κ2) is 14.5. The van der Waals surface area contributed by atoms with Crippen LogP contribution in [0.15, 0.2) is 17.3 Å². The maximum absolute atomic E-state index is 14.5. The molecule has 270 valence electrons. The molecule has 1 saturated carbocycles. The van der Waals surface area contributed by atoms with Gasteiger partial charge in [0, 0.05) is 24.4 Å². The van der Waals surface area contributed by atoms with Crippen LogP contribution in [0.4, 0.5) is 4.79 Å². The number of carbonyl (C=O) groups is 5. The van der Waals surface area contributed by atoms with Crippen LogP contribution in [0.3, 0.4) is 0 Å². The number of carbonyl (C=O) groups excluding carboxylic acids is 5. The number of methoxy groups -OCH3 is 1. The summed E-state index contributed by atoms with van der Waals surface area (Å²) in [5.74, 6) is -2.10. The molecule has 3 aliphatic rings. The topological polar surface area (TPSA) is 165 Å². The Balaban J connectivity index is 1.64. The minimum atomic E-state index is -1.11. The number of amides is 4. The summed E-state index contributed by atoms with van der Waals surface area (Å²) in [6.45, 7) is 14.3. The molecular formula is C35H50ClN5O8. The van der Waals surface area contributed by atoms with Crippen LogP contribution in [0, 0.1) is 12.3 Å². The Hall–Kier alpha value is -3.87. The second-order valence-electron chi connectivity index (χ2n) is 15.4. The van der Waals surface area contributed by atoms with Crippen molar-refractivity contribution in [1.82, 2.24) is 20.9 Å². The minimum absolute atomic E-state index is 0.0260. The molecule has 0 bridgehead atoms. The van der Waals surface area contributed by atoms with Gasteiger partial charge < -0.3 is 35.2 Å². The van der Waals surface area contributed by atoms with Crippen LogP contribution in [0.2, 0.25) is 5.02 Å². The van der Waals surface area contributed by atoms with Crippen molar-refractivity contribution >= 4 is 46.9 Å². The van der Waals surface area contributed by atoms with Gasteiger partial charge in [0.2, 0.25) is 17.6 Å². The van der Waals surface area contributed by atoms with Crippen LogP contribution in [-0.4, -0.2) is 89.2 Å². The second-order valence-corrected chi connectivity index (χ2v) is 15.8. The predicted octanol–water partition coefficient (Wildman–Crippen LogP) is 4.19. The molecule has 3 N–H and O–H groups in total. The van der Waals surface area contributed by atoms with E-state index < -0.39 is 64.3 Å². The molecule has 1 saturated heterocycles. The van der Waals surface area contributed by atoms with E-state index >= 15 is 0 Å². The smallest absolute Gasteiger partial charge is 0.408 e. The van der Waals surface area contributed by atoms with Crippen LogP contribution in [-0.2, 0) is 28.8 Å². The van der Waals surface area contributed by atoms with Crippen molar-refractivity contribution in [3.05, 3.63) is 28.3 Å². The molecule has 4 amide bonds. The minimum Gasteiger partial charge on any atom is -0.495 e. The van der Waals surface area contributed by atoms with Crippen LogP contribution in [0.25, 0.3) is 0 Å². The number of oxime groups is 1. The zero-order valence-corrected chi connectivity index (χ0v) is 30.7. The molecule has 0 radical (unpaired) electrons. The summed E-state index contributed by atoms with van der Waals surface area (Å²) in [6, 6.07) is 0.242. The fraction of sp³-hybridized carbons (Fsp3) is 0.657. The van der Waals surface area contributed by atoms with Gasteiger partial charge in [0.25, 0.3) is 5.91 Å². The van der Waals surface area contributed by atoms with E-state index in [1.807, 2.05) is 13.8 Å². The number of alkyl carbamates (subject to hydrolysis) is 1. The van der Waals surface area contributed by atoms with Gasteiger partial charge in [-0.25, -0.2) is 4.79 Å². The first kappa shape index (κ1) is 37.9. The molecule has 0 aromatic heterocycles. The summed E-state index contributed by atoms with van der Waals surface area (Å²) < 4.78 is 10.8. The van der Waals surface area contributed by atoms with Gasteiger partial charge in [0.1, 0.15) is 23.4 Å². The maximum atomic E-state index is 14.5. The monoisotopic (exact) mass is 703 g/mol. The maximum Gasteiger partial charge on any atom is 0.408 e. The first-order chi connectivity index (χ1) is 22.8. The summed E-state index contributed by atoms with van der Waals surface area (Å²) in [6.07, 6.45) is 1.91. The highest BCUT2D eigenvalue weighted by molar-refractivity contribution is 6.38. The third-order valence-electron chi connectivity index (χ3n) is 8.76. The number of benzene rings is 1. The summed E-state index contributed by atoms with van der Waals surface area (Å²) in [5, 5.41) is 13.0. The van der Waals surface area contributed by atoms with E-state index in [0.29, 0.717) is 22.9 Å². The van der Waals surface area contributed by atoms with Crippen LogP contribution in [0.5, 0.6) is 5.75 Å². The molecule has 0 unspecified atom stereocenters. The summed E-state index contributed by atoms with van der Waals surface area (Å²) in [4.78, 5) is 74.8. The third kappa shape index (κ3) is 9.23. The Morgan fingerprint density at radius 3 is 2.35 bits per heavy atom. The van der Waals surface area contributed by atoms with Gasteiger partial charge in [-0.15, -0.1) is 0 Å². The Bertz CT molecular complexity index is 1510. The summed E-state index contributed by atoms with van der Waals surface area (Å²) >= 11 is 6.45. The first-order valence-electron chi connectivity index (χ1n) is 16.8. The molecule has 2 aliphatic heterocycles. The van der Waals surface area contributed by atoms with E-state index in [4.69, 9.17) is 25.9 Å². The SMILES string of the molecule is CCC[C@H](NC(=O)[C@@H]1C[C@]2(CC(c3cc(Cl)c(OC)cc3C)=NO2)CN1C(=O)[C@@H](NC(=O)OC(C)(C)C)C(C)(C)C)C(=O)C(=O)NC1CC1. The molecule has 49 heavy (non-hydrogen) atoms. The fourth-order valence-electron chi connectivity index (χ4n) is 6.10. The zero-order chi connectivity index (χ0) is 36.5. The standard InChI is InChI=1S/C35H50ClN5O8/c1-10-11-23(27(42)30(44)37-20-12-13-20)38-29(43)25-17-35(16-24(40-49-35)21-15-22(36)26(47-9)14-19(21)2)18-41(25)31(45)28(33(3,4)5)39-32(46)48-34(6,7)8/h14-15,20,23,25,28H,10-13,16-18H2,1-9H3,(H,37,44)(H,38,43)(H,39,46)/t23-,25-,28+,35+/m0/s1. The molecule has 1 spiro atoms. The van der Waals surface area contributed by atoms with Gasteiger partial charge in [-0.3, -0.25) is 19.2 Å². The fourth-order valence-corrected chi connectivity index (χ4v) is 6.34. The number of likely N-dealkylation sites (tertiary alicyclic amines) is 1. The van der Waals surface area contributed by atoms with Crippen molar-refractivity contribution in [2.75, 3.05) is 13.7 Å². The summed E-state index contributed by atoms with van der Waals surface area (Å²) in [7, 11) is 1.53. The highest BCUT2D eigenvalue weighted by Gasteiger charge is 2.56. The van der Waals surface area contributed by atoms with Crippen molar-refractivity contribution in [3.8, 4) is 5.75 Å². The van der Waals surface area contributed by atoms with Crippen LogP contribution >= 0.6 is 11.6 Å². The number of rotatable bonds is 11. The van der Waals surface area contributed by atoms with E-state index in [0.717, 1.165) is 24.0 Å². The Labute approximate surface area is 293 Å². The number of halogens is 1. The molecule has 1 aromatic carbocycles. The number of ether oxygens (including phenoxy) is 2. The first-order valence-corrected chi connectivity index (χ1v) is 17.2. The Morgan fingerprint density at radius 1 is 1.10 bits per heavy atom. The van der Waals surface area contributed by atoms with Crippen molar-refractivity contribution in [1.29, 1.82) is 0 Å². The molecule has 1 aromatic rings. The van der Waals surface area contributed by atoms with Crippen molar-refractivity contribution < 1.29 is 38.3 Å². The summed E-state index contributed by atoms with van der Waals surface area (Å²) in [5.41, 5.74) is -0.514. The number of hydrogen-bond donors (Lipinski definition) is 3. The highest BCUT2D eigenvalue weighted by atomic mass is 35.5. The molecule has 13 nitrogen and oxygen atoms in total. The van der Waals surface area contributed by atoms with E-state index in [1.165, 1.54) is 12.0 Å². The molecule has 4 atom stereocenters. The highest BCUT2D eigenvalue weighted by Crippen LogP contribution is 2.41. The van der Waals surface area contributed by atoms with Crippen LogP contribution in [0.1, 0.15) is 98.1 Å². The number of nitrogens with zero attached hydrogens (tertiary/aromatic N) is 2. The Morgan fingerprint density at radius 2 is 1.78 bits per heavy atom. The van der Waals surface area contributed by atoms with Gasteiger partial charge in [-0.2, -0.15) is 0 Å². The van der Waals surface area contributed by atoms with E-state index in [2.05, 4.69) is 21.1 Å². The molecule has 1 aliphatic carbocycles. The number of aryl methyl sites for hydroxylation is 1. The van der Waals surface area contributed by atoms with Crippen molar-refractivity contribution in [2.24, 2.45) is 10.6 Å². The Kier molecular flexibility index (Phi) is 11.3. The molecule has 4 rings (SSSR count). The lowest BCUT2D eigenvalue weighted by atomic mass is 9.85. The van der Waals surface area contributed by atoms with Gasteiger partial charge in [0.05, 0.1) is 30.4 Å². The van der Waals surface area contributed by atoms with Crippen molar-refractivity contribution in [3.63, 3.8) is 0 Å². The van der Waals surface area contributed by atoms with Gasteiger partial charge >= 0.3 is 6.09 Å². The average Bonchev–Trinajstić information content (AvgIpc) is 3.60. The van der Waals surface area contributed by atoms with E-state index in [-0.39, 0.29) is 31.8 Å². The molecule has 2 heterocycles. The van der Waals surface area contributed by atoms with Gasteiger partial charge in [-0.1, -0.05) is 50.9 Å². The number of hydrogen-bond acceptors (Lipinski definition) is 9. The van der Waals surface area contributed by atoms with Gasteiger partial charge in [0.15, 0.2) is 5.60 Å². The zero-order valence-electron chi connectivity index (χ0n) is 30.0. The van der Waals surface area contributed by atoms with E-state index in [1.54, 1.807) is 53.7 Å². The van der Waals surface area contributed by atoms with Crippen molar-refractivity contribution in [2.45, 2.75) is 129 Å². The normalized spacial score (nSPS) is 21.7. The molecule has 2 fully saturated rings. The number of Topliss-reactive ketones (excluding diaryl/α,β-unsaturated/α-hetero) is 1. The number of ketones is 1. The molecule has 14 heteroatoms. The lowest BCUT2D eigenvalue weighted by molar-refractivity contribution is -0.144. The lowest BCUT2D eigenvalue weighted by Gasteiger charge is -2.36. The average molecular weight is 704 g/mol. The van der Waals surface area contributed by atoms with E-state index in [9.17, 15) is 24.0 Å². The van der Waals surface area contributed by atoms with Crippen LogP contribution < -0.4 is 20.7 Å². The lowest BCUT2D eigenvalue weighted by Crippen LogP contribution is -2.59. The largest absolute Gasteiger partial charge is 0.495 e.